The van der Waals surface area contributed by atoms with Gasteiger partial charge in [0.15, 0.2) is 0 Å². The highest BCUT2D eigenvalue weighted by Gasteiger charge is 2.05. The maximum atomic E-state index is 4.58. The zero-order valence-electron chi connectivity index (χ0n) is 14.3. The van der Waals surface area contributed by atoms with Crippen LogP contribution in [0.4, 0.5) is 0 Å². The van der Waals surface area contributed by atoms with Crippen molar-refractivity contribution in [3.63, 3.8) is 0 Å². The van der Waals surface area contributed by atoms with E-state index in [2.05, 4.69) is 87.3 Å². The second-order valence-electron chi connectivity index (χ2n) is 6.51. The molecule has 0 amide bonds. The highest BCUT2D eigenvalue weighted by molar-refractivity contribution is 5.71. The number of nitrogens with zero attached hydrogens (tertiary/aromatic N) is 1. The lowest BCUT2D eigenvalue weighted by atomic mass is 9.97. The second-order valence-corrected chi connectivity index (χ2v) is 6.51. The third-order valence-electron chi connectivity index (χ3n) is 4.44. The monoisotopic (exact) mass is 301 g/mol. The Hall–Kier alpha value is -2.41. The van der Waals surface area contributed by atoms with Crippen LogP contribution in [-0.2, 0) is 0 Å². The standard InChI is InChI=1S/C22H23N/c1-15(2)18-8-10-19(11-9-18)20-6-5-7-21(13-20)22-12-16(3)17(4)14-23-22/h5-15H,1-4H3. The molecular formula is C22H23N. The van der Waals surface area contributed by atoms with Gasteiger partial charge in [-0.25, -0.2) is 0 Å². The van der Waals surface area contributed by atoms with E-state index >= 15 is 0 Å². The molecule has 0 unspecified atom stereocenters. The Bertz CT molecular complexity index is 814. The van der Waals surface area contributed by atoms with Crippen molar-refractivity contribution in [1.29, 1.82) is 0 Å². The van der Waals surface area contributed by atoms with E-state index in [1.807, 2.05) is 6.20 Å². The normalized spacial score (nSPS) is 11.0. The molecule has 0 N–H and O–H groups in total. The molecule has 0 radical (unpaired) electrons. The molecular weight excluding hydrogens is 278 g/mol. The van der Waals surface area contributed by atoms with Crippen molar-refractivity contribution in [3.05, 3.63) is 77.5 Å². The maximum Gasteiger partial charge on any atom is 0.0705 e. The molecule has 1 aromatic heterocycles. The van der Waals surface area contributed by atoms with E-state index in [0.29, 0.717) is 5.92 Å². The maximum absolute atomic E-state index is 4.58. The average molecular weight is 301 g/mol. The van der Waals surface area contributed by atoms with Crippen LogP contribution in [0.1, 0.15) is 36.5 Å². The minimum atomic E-state index is 0.565. The lowest BCUT2D eigenvalue weighted by Crippen LogP contribution is -1.89. The Kier molecular flexibility index (Phi) is 4.29. The van der Waals surface area contributed by atoms with Gasteiger partial charge in [-0.15, -0.1) is 0 Å². The summed E-state index contributed by atoms with van der Waals surface area (Å²) in [5.74, 6) is 0.565. The van der Waals surface area contributed by atoms with Gasteiger partial charge in [-0.05, 0) is 59.7 Å². The molecule has 0 spiro atoms. The first kappa shape index (κ1) is 15.5. The first-order valence-electron chi connectivity index (χ1n) is 8.18. The molecule has 1 nitrogen and oxygen atoms in total. The number of benzene rings is 2. The van der Waals surface area contributed by atoms with Crippen LogP contribution in [-0.4, -0.2) is 4.98 Å². The zero-order chi connectivity index (χ0) is 16.4. The molecule has 3 aromatic rings. The Balaban J connectivity index is 1.97. The van der Waals surface area contributed by atoms with Crippen molar-refractivity contribution in [2.75, 3.05) is 0 Å². The van der Waals surface area contributed by atoms with Crippen LogP contribution in [0.25, 0.3) is 22.4 Å². The summed E-state index contributed by atoms with van der Waals surface area (Å²) in [6, 6.07) is 19.7. The Labute approximate surface area is 139 Å². The topological polar surface area (TPSA) is 12.9 Å². The molecule has 3 rings (SSSR count). The summed E-state index contributed by atoms with van der Waals surface area (Å²) in [6.07, 6.45) is 1.95. The number of hydrogen-bond donors (Lipinski definition) is 0. The quantitative estimate of drug-likeness (QED) is 0.565. The third kappa shape index (κ3) is 3.34. The van der Waals surface area contributed by atoms with Gasteiger partial charge in [0.25, 0.3) is 0 Å². The van der Waals surface area contributed by atoms with Crippen LogP contribution in [0.5, 0.6) is 0 Å². The van der Waals surface area contributed by atoms with E-state index in [1.165, 1.54) is 33.4 Å². The molecule has 0 aliphatic carbocycles. The van der Waals surface area contributed by atoms with Gasteiger partial charge in [-0.3, -0.25) is 4.98 Å². The van der Waals surface area contributed by atoms with Gasteiger partial charge in [0.2, 0.25) is 0 Å². The van der Waals surface area contributed by atoms with Crippen LogP contribution in [0, 0.1) is 13.8 Å². The van der Waals surface area contributed by atoms with E-state index in [4.69, 9.17) is 0 Å². The fourth-order valence-electron chi connectivity index (χ4n) is 2.70. The van der Waals surface area contributed by atoms with Crippen molar-refractivity contribution >= 4 is 0 Å². The summed E-state index contributed by atoms with van der Waals surface area (Å²) in [5.41, 5.74) is 8.57. The molecule has 0 bridgehead atoms. The van der Waals surface area contributed by atoms with E-state index in [-0.39, 0.29) is 0 Å². The van der Waals surface area contributed by atoms with Crippen LogP contribution in [0.15, 0.2) is 60.8 Å². The minimum Gasteiger partial charge on any atom is -0.256 e. The van der Waals surface area contributed by atoms with E-state index in [9.17, 15) is 0 Å². The fraction of sp³-hybridized carbons (Fsp3) is 0.227. The van der Waals surface area contributed by atoms with Crippen molar-refractivity contribution in [2.24, 2.45) is 0 Å². The zero-order valence-corrected chi connectivity index (χ0v) is 14.3. The number of rotatable bonds is 3. The van der Waals surface area contributed by atoms with Crippen molar-refractivity contribution in [3.8, 4) is 22.4 Å². The molecule has 0 aliphatic rings. The summed E-state index contributed by atoms with van der Waals surface area (Å²) < 4.78 is 0. The van der Waals surface area contributed by atoms with Gasteiger partial charge in [-0.1, -0.05) is 56.3 Å². The number of aromatic nitrogens is 1. The van der Waals surface area contributed by atoms with Crippen LogP contribution in [0.3, 0.4) is 0 Å². The molecule has 0 aliphatic heterocycles. The summed E-state index contributed by atoms with van der Waals surface area (Å²) in [7, 11) is 0. The Morgan fingerprint density at radius 2 is 1.43 bits per heavy atom. The number of aryl methyl sites for hydroxylation is 2. The molecule has 1 heterocycles. The molecule has 0 fully saturated rings. The molecule has 2 aromatic carbocycles. The van der Waals surface area contributed by atoms with Crippen LogP contribution < -0.4 is 0 Å². The summed E-state index contributed by atoms with van der Waals surface area (Å²) in [5, 5.41) is 0. The molecule has 0 atom stereocenters. The Morgan fingerprint density at radius 1 is 0.739 bits per heavy atom. The van der Waals surface area contributed by atoms with E-state index in [1.54, 1.807) is 0 Å². The predicted molar refractivity (Wildman–Crippen MR) is 98.7 cm³/mol. The third-order valence-corrected chi connectivity index (χ3v) is 4.44. The van der Waals surface area contributed by atoms with Gasteiger partial charge in [0.1, 0.15) is 0 Å². The lowest BCUT2D eigenvalue weighted by molar-refractivity contribution is 0.867. The molecule has 23 heavy (non-hydrogen) atoms. The van der Waals surface area contributed by atoms with E-state index < -0.39 is 0 Å². The average Bonchev–Trinajstić information content (AvgIpc) is 2.57. The van der Waals surface area contributed by atoms with Gasteiger partial charge in [0.05, 0.1) is 5.69 Å². The van der Waals surface area contributed by atoms with E-state index in [0.717, 1.165) is 5.69 Å². The first-order chi connectivity index (χ1) is 11.0. The number of hydrogen-bond acceptors (Lipinski definition) is 1. The lowest BCUT2D eigenvalue weighted by Gasteiger charge is -2.09. The first-order valence-corrected chi connectivity index (χ1v) is 8.18. The predicted octanol–water partition coefficient (Wildman–Crippen LogP) is 6.16. The number of pyridine rings is 1. The van der Waals surface area contributed by atoms with Gasteiger partial charge >= 0.3 is 0 Å². The largest absolute Gasteiger partial charge is 0.256 e. The van der Waals surface area contributed by atoms with Crippen molar-refractivity contribution in [2.45, 2.75) is 33.6 Å². The Morgan fingerprint density at radius 3 is 2.09 bits per heavy atom. The highest BCUT2D eigenvalue weighted by atomic mass is 14.7. The van der Waals surface area contributed by atoms with Gasteiger partial charge in [-0.2, -0.15) is 0 Å². The van der Waals surface area contributed by atoms with Crippen molar-refractivity contribution < 1.29 is 0 Å². The van der Waals surface area contributed by atoms with Crippen molar-refractivity contribution in [1.82, 2.24) is 4.98 Å². The molecule has 0 saturated carbocycles. The molecule has 1 heteroatoms. The van der Waals surface area contributed by atoms with Gasteiger partial charge < -0.3 is 0 Å². The van der Waals surface area contributed by atoms with Crippen LogP contribution >= 0.6 is 0 Å². The molecule has 0 saturated heterocycles. The summed E-state index contributed by atoms with van der Waals surface area (Å²) >= 11 is 0. The summed E-state index contributed by atoms with van der Waals surface area (Å²) in [4.78, 5) is 4.58. The van der Waals surface area contributed by atoms with Crippen LogP contribution in [0.2, 0.25) is 0 Å². The fourth-order valence-corrected chi connectivity index (χ4v) is 2.70. The SMILES string of the molecule is Cc1cnc(-c2cccc(-c3ccc(C(C)C)cc3)c2)cc1C. The minimum absolute atomic E-state index is 0.565. The van der Waals surface area contributed by atoms with Gasteiger partial charge in [0, 0.05) is 11.8 Å². The molecule has 116 valence electrons. The second kappa shape index (κ2) is 6.37. The smallest absolute Gasteiger partial charge is 0.0705 e. The summed E-state index contributed by atoms with van der Waals surface area (Å²) in [6.45, 7) is 8.68. The highest BCUT2D eigenvalue weighted by Crippen LogP contribution is 2.27.